The number of hydrogen-bond donors (Lipinski definition) is 2. The number of rotatable bonds is 6. The van der Waals surface area contributed by atoms with Crippen molar-refractivity contribution >= 4 is 23.5 Å². The lowest BCUT2D eigenvalue weighted by Gasteiger charge is -2.33. The molecule has 0 aromatic heterocycles. The third kappa shape index (κ3) is 5.05. The summed E-state index contributed by atoms with van der Waals surface area (Å²) in [7, 11) is 0. The van der Waals surface area contributed by atoms with Gasteiger partial charge in [-0.15, -0.1) is 0 Å². The molecule has 2 N–H and O–H groups in total. The molecule has 0 aliphatic carbocycles. The van der Waals surface area contributed by atoms with Crippen LogP contribution in [0.5, 0.6) is 0 Å². The van der Waals surface area contributed by atoms with Crippen LogP contribution in [0.3, 0.4) is 0 Å². The van der Waals surface area contributed by atoms with Crippen LogP contribution >= 0.6 is 0 Å². The number of benzene rings is 1. The summed E-state index contributed by atoms with van der Waals surface area (Å²) < 4.78 is 0. The number of nitrogens with one attached hydrogen (secondary N) is 1. The Labute approximate surface area is 148 Å². The molecule has 2 rings (SSSR count). The van der Waals surface area contributed by atoms with Crippen molar-refractivity contribution in [2.45, 2.75) is 52.0 Å². The summed E-state index contributed by atoms with van der Waals surface area (Å²) in [5.41, 5.74) is 0.956. The van der Waals surface area contributed by atoms with Crippen LogP contribution in [0.4, 0.5) is 5.69 Å². The predicted molar refractivity (Wildman–Crippen MR) is 95.5 cm³/mol. The Hall–Kier alpha value is -2.37. The van der Waals surface area contributed by atoms with Crippen LogP contribution in [0.25, 0.3) is 0 Å². The normalized spacial score (nSPS) is 18.5. The number of carboxylic acid groups (broad SMARTS) is 1. The molecule has 2 unspecified atom stereocenters. The highest BCUT2D eigenvalue weighted by atomic mass is 16.4. The monoisotopic (exact) mass is 346 g/mol. The minimum absolute atomic E-state index is 0.0830. The second-order valence-electron chi connectivity index (χ2n) is 6.69. The van der Waals surface area contributed by atoms with Crippen LogP contribution in [0.2, 0.25) is 0 Å². The molecule has 1 aliphatic heterocycles. The lowest BCUT2D eigenvalue weighted by molar-refractivity contribution is -0.143. The fourth-order valence-electron chi connectivity index (χ4n) is 3.00. The van der Waals surface area contributed by atoms with Crippen LogP contribution in [0, 0.1) is 5.92 Å². The van der Waals surface area contributed by atoms with Crippen LogP contribution < -0.4 is 5.32 Å². The Kier molecular flexibility index (Phi) is 6.56. The predicted octanol–water partition coefficient (Wildman–Crippen LogP) is 3.14. The van der Waals surface area contributed by atoms with Gasteiger partial charge in [0.05, 0.1) is 0 Å². The fourth-order valence-corrected chi connectivity index (χ4v) is 3.00. The first kappa shape index (κ1) is 19.0. The standard InChI is InChI=1S/C19H26N2O4/c1-3-13(2)11-17(22)20-15-8-6-7-14(12-15)18(23)21-10-5-4-9-16(21)19(24)25/h6-8,12-13,16H,3-5,9-11H2,1-2H3,(H,20,22)(H,24,25). The first-order valence-corrected chi connectivity index (χ1v) is 8.86. The smallest absolute Gasteiger partial charge is 0.326 e. The molecule has 1 fully saturated rings. The van der Waals surface area contributed by atoms with E-state index < -0.39 is 12.0 Å². The van der Waals surface area contributed by atoms with Crippen LogP contribution in [0.1, 0.15) is 56.3 Å². The maximum absolute atomic E-state index is 12.7. The van der Waals surface area contributed by atoms with Gasteiger partial charge in [0, 0.05) is 24.2 Å². The van der Waals surface area contributed by atoms with Gasteiger partial charge in [-0.3, -0.25) is 9.59 Å². The van der Waals surface area contributed by atoms with Crippen molar-refractivity contribution in [2.75, 3.05) is 11.9 Å². The Morgan fingerprint density at radius 3 is 2.76 bits per heavy atom. The van der Waals surface area contributed by atoms with Gasteiger partial charge in [0.25, 0.3) is 5.91 Å². The Bertz CT molecular complexity index is 644. The number of likely N-dealkylation sites (tertiary alicyclic amines) is 1. The quantitative estimate of drug-likeness (QED) is 0.828. The number of carbonyl (C=O) groups is 3. The maximum Gasteiger partial charge on any atom is 0.326 e. The van der Waals surface area contributed by atoms with Gasteiger partial charge in [0.2, 0.25) is 5.91 Å². The largest absolute Gasteiger partial charge is 0.480 e. The highest BCUT2D eigenvalue weighted by molar-refractivity contribution is 5.99. The average molecular weight is 346 g/mol. The second-order valence-corrected chi connectivity index (χ2v) is 6.69. The summed E-state index contributed by atoms with van der Waals surface area (Å²) in [6, 6.07) is 5.93. The van der Waals surface area contributed by atoms with Crippen molar-refractivity contribution in [1.82, 2.24) is 4.90 Å². The zero-order valence-electron chi connectivity index (χ0n) is 14.8. The second kappa shape index (κ2) is 8.65. The highest BCUT2D eigenvalue weighted by Gasteiger charge is 2.32. The van der Waals surface area contributed by atoms with Crippen molar-refractivity contribution in [3.8, 4) is 0 Å². The lowest BCUT2D eigenvalue weighted by Crippen LogP contribution is -2.48. The van der Waals surface area contributed by atoms with Gasteiger partial charge < -0.3 is 15.3 Å². The van der Waals surface area contributed by atoms with Crippen LogP contribution in [-0.4, -0.2) is 40.4 Å². The Morgan fingerprint density at radius 2 is 2.08 bits per heavy atom. The lowest BCUT2D eigenvalue weighted by atomic mass is 10.0. The van der Waals surface area contributed by atoms with E-state index in [9.17, 15) is 19.5 Å². The molecule has 2 atom stereocenters. The van der Waals surface area contributed by atoms with E-state index in [1.54, 1.807) is 24.3 Å². The number of anilines is 1. The number of amides is 2. The summed E-state index contributed by atoms with van der Waals surface area (Å²) in [6.45, 7) is 4.50. The third-order valence-corrected chi connectivity index (χ3v) is 4.67. The summed E-state index contributed by atoms with van der Waals surface area (Å²) in [4.78, 5) is 37.6. The number of piperidine rings is 1. The van der Waals surface area contributed by atoms with Crippen LogP contribution in [-0.2, 0) is 9.59 Å². The number of carboxylic acids is 1. The van der Waals surface area contributed by atoms with Gasteiger partial charge in [0.1, 0.15) is 6.04 Å². The SMILES string of the molecule is CCC(C)CC(=O)Nc1cccc(C(=O)N2CCCCC2C(=O)O)c1. The molecule has 6 heteroatoms. The molecule has 136 valence electrons. The van der Waals surface area contributed by atoms with Crippen LogP contribution in [0.15, 0.2) is 24.3 Å². The van der Waals surface area contributed by atoms with E-state index >= 15 is 0 Å². The number of aliphatic carboxylic acids is 1. The molecule has 1 heterocycles. The Balaban J connectivity index is 2.10. The van der Waals surface area contributed by atoms with E-state index in [4.69, 9.17) is 0 Å². The zero-order valence-corrected chi connectivity index (χ0v) is 14.8. The zero-order chi connectivity index (χ0) is 18.4. The number of nitrogens with zero attached hydrogens (tertiary/aromatic N) is 1. The van der Waals surface area contributed by atoms with Gasteiger partial charge in [-0.1, -0.05) is 26.3 Å². The van der Waals surface area contributed by atoms with E-state index in [1.807, 2.05) is 13.8 Å². The van der Waals surface area contributed by atoms with E-state index in [0.29, 0.717) is 36.6 Å². The van der Waals surface area contributed by atoms with E-state index in [-0.39, 0.29) is 11.8 Å². The van der Waals surface area contributed by atoms with Gasteiger partial charge in [0.15, 0.2) is 0 Å². The van der Waals surface area contributed by atoms with Crippen molar-refractivity contribution in [1.29, 1.82) is 0 Å². The molecule has 2 amide bonds. The first-order valence-electron chi connectivity index (χ1n) is 8.86. The molecule has 1 saturated heterocycles. The molecule has 0 spiro atoms. The molecule has 0 bridgehead atoms. The van der Waals surface area contributed by atoms with Crippen molar-refractivity contribution < 1.29 is 19.5 Å². The first-order chi connectivity index (χ1) is 11.9. The van der Waals surface area contributed by atoms with Crippen molar-refractivity contribution in [2.24, 2.45) is 5.92 Å². The van der Waals surface area contributed by atoms with Gasteiger partial charge in [-0.2, -0.15) is 0 Å². The molecule has 1 aromatic rings. The topological polar surface area (TPSA) is 86.7 Å². The Morgan fingerprint density at radius 1 is 1.32 bits per heavy atom. The molecule has 0 radical (unpaired) electrons. The van der Waals surface area contributed by atoms with Gasteiger partial charge in [-0.25, -0.2) is 4.79 Å². The number of hydrogen-bond acceptors (Lipinski definition) is 3. The molecular weight excluding hydrogens is 320 g/mol. The molecule has 6 nitrogen and oxygen atoms in total. The van der Waals surface area contributed by atoms with Gasteiger partial charge in [-0.05, 0) is 43.4 Å². The summed E-state index contributed by atoms with van der Waals surface area (Å²) in [5, 5.41) is 12.1. The molecule has 25 heavy (non-hydrogen) atoms. The molecule has 1 aromatic carbocycles. The third-order valence-electron chi connectivity index (χ3n) is 4.67. The van der Waals surface area contributed by atoms with Crippen molar-refractivity contribution in [3.05, 3.63) is 29.8 Å². The fraction of sp³-hybridized carbons (Fsp3) is 0.526. The summed E-state index contributed by atoms with van der Waals surface area (Å²) in [5.74, 6) is -1.05. The van der Waals surface area contributed by atoms with Crippen molar-refractivity contribution in [3.63, 3.8) is 0 Å². The van der Waals surface area contributed by atoms with Gasteiger partial charge >= 0.3 is 5.97 Å². The highest BCUT2D eigenvalue weighted by Crippen LogP contribution is 2.21. The summed E-state index contributed by atoms with van der Waals surface area (Å²) >= 11 is 0. The molecule has 1 aliphatic rings. The summed E-state index contributed by atoms with van der Waals surface area (Å²) in [6.07, 6.45) is 3.46. The van der Waals surface area contributed by atoms with E-state index in [2.05, 4.69) is 5.32 Å². The molecular formula is C19H26N2O4. The minimum atomic E-state index is -0.967. The van der Waals surface area contributed by atoms with E-state index in [0.717, 1.165) is 19.3 Å². The molecule has 0 saturated carbocycles. The average Bonchev–Trinajstić information content (AvgIpc) is 2.61. The van der Waals surface area contributed by atoms with E-state index in [1.165, 1.54) is 4.90 Å². The minimum Gasteiger partial charge on any atom is -0.480 e. The maximum atomic E-state index is 12.7. The number of carbonyl (C=O) groups excluding carboxylic acids is 2.